The van der Waals surface area contributed by atoms with E-state index in [2.05, 4.69) is 6.92 Å². The summed E-state index contributed by atoms with van der Waals surface area (Å²) in [4.78, 5) is 11.2. The molecule has 0 spiro atoms. The predicted octanol–water partition coefficient (Wildman–Crippen LogP) is 3.01. The fourth-order valence-electron chi connectivity index (χ4n) is 1.08. The normalized spacial score (nSPS) is 13.0. The van der Waals surface area contributed by atoms with E-state index in [-0.39, 0.29) is 5.92 Å². The molecule has 66 valence electrons. The van der Waals surface area contributed by atoms with Crippen LogP contribution in [0.2, 0.25) is 0 Å². The number of rotatable bonds is 6. The Hall–Kier alpha value is -0.0400. The summed E-state index contributed by atoms with van der Waals surface area (Å²) in [5.41, 5.74) is 0. The molecule has 0 N–H and O–H groups in total. The number of hydrogen-bond acceptors (Lipinski definition) is 1. The molecule has 0 aliphatic heterocycles. The Morgan fingerprint density at radius 2 is 2.18 bits per heavy atom. The van der Waals surface area contributed by atoms with Crippen LogP contribution in [0.15, 0.2) is 0 Å². The molecule has 0 heterocycles. The van der Waals surface area contributed by atoms with Crippen molar-refractivity contribution in [2.45, 2.75) is 39.5 Å². The summed E-state index contributed by atoms with van der Waals surface area (Å²) in [7, 11) is 0. The van der Waals surface area contributed by atoms with Gasteiger partial charge in [-0.25, -0.2) is 0 Å². The van der Waals surface area contributed by atoms with E-state index in [9.17, 15) is 4.79 Å². The van der Waals surface area contributed by atoms with E-state index < -0.39 is 0 Å². The van der Waals surface area contributed by atoms with Crippen molar-refractivity contribution in [1.29, 1.82) is 0 Å². The zero-order valence-corrected chi connectivity index (χ0v) is 8.16. The SMILES string of the molecule is CCCC(C)C(=O)CCCCl. The molecular weight excluding hydrogens is 160 g/mol. The molecule has 0 rings (SSSR count). The van der Waals surface area contributed by atoms with Gasteiger partial charge in [-0.05, 0) is 12.8 Å². The van der Waals surface area contributed by atoms with Crippen LogP contribution in [0.25, 0.3) is 0 Å². The topological polar surface area (TPSA) is 17.1 Å². The number of halogens is 1. The third-order valence-corrected chi connectivity index (χ3v) is 2.10. The van der Waals surface area contributed by atoms with E-state index >= 15 is 0 Å². The molecule has 1 nitrogen and oxygen atoms in total. The van der Waals surface area contributed by atoms with Crippen LogP contribution in [0.3, 0.4) is 0 Å². The maximum atomic E-state index is 11.2. The molecule has 2 heteroatoms. The molecule has 0 aliphatic carbocycles. The highest BCUT2D eigenvalue weighted by Gasteiger charge is 2.10. The van der Waals surface area contributed by atoms with Crippen molar-refractivity contribution in [2.24, 2.45) is 5.92 Å². The predicted molar refractivity (Wildman–Crippen MR) is 49.0 cm³/mol. The van der Waals surface area contributed by atoms with Crippen LogP contribution >= 0.6 is 11.6 Å². The van der Waals surface area contributed by atoms with Crippen LogP contribution in [0.1, 0.15) is 39.5 Å². The first kappa shape index (κ1) is 11.0. The van der Waals surface area contributed by atoms with Crippen LogP contribution in [-0.2, 0) is 4.79 Å². The maximum absolute atomic E-state index is 11.2. The number of ketones is 1. The lowest BCUT2D eigenvalue weighted by atomic mass is 9.98. The summed E-state index contributed by atoms with van der Waals surface area (Å²) in [5, 5.41) is 0. The second-order valence-electron chi connectivity index (χ2n) is 2.95. The van der Waals surface area contributed by atoms with Gasteiger partial charge in [-0.2, -0.15) is 0 Å². The molecule has 1 atom stereocenters. The van der Waals surface area contributed by atoms with Gasteiger partial charge in [-0.1, -0.05) is 20.3 Å². The Morgan fingerprint density at radius 3 is 2.64 bits per heavy atom. The van der Waals surface area contributed by atoms with Crippen LogP contribution < -0.4 is 0 Å². The van der Waals surface area contributed by atoms with Crippen molar-refractivity contribution >= 4 is 17.4 Å². The fourth-order valence-corrected chi connectivity index (χ4v) is 1.22. The molecule has 0 aromatic carbocycles. The van der Waals surface area contributed by atoms with E-state index in [4.69, 9.17) is 11.6 Å². The zero-order chi connectivity index (χ0) is 8.69. The van der Waals surface area contributed by atoms with E-state index in [1.807, 2.05) is 6.92 Å². The summed E-state index contributed by atoms with van der Waals surface area (Å²) in [5.74, 6) is 1.21. The minimum atomic E-state index is 0.239. The van der Waals surface area contributed by atoms with Crippen molar-refractivity contribution in [2.75, 3.05) is 5.88 Å². The van der Waals surface area contributed by atoms with Crippen molar-refractivity contribution in [1.82, 2.24) is 0 Å². The fraction of sp³-hybridized carbons (Fsp3) is 0.889. The lowest BCUT2D eigenvalue weighted by Crippen LogP contribution is -2.10. The van der Waals surface area contributed by atoms with Crippen LogP contribution in [-0.4, -0.2) is 11.7 Å². The van der Waals surface area contributed by atoms with Crippen LogP contribution in [0.4, 0.5) is 0 Å². The Kier molecular flexibility index (Phi) is 6.63. The maximum Gasteiger partial charge on any atom is 0.135 e. The van der Waals surface area contributed by atoms with Gasteiger partial charge in [0.25, 0.3) is 0 Å². The highest BCUT2D eigenvalue weighted by atomic mass is 35.5. The third-order valence-electron chi connectivity index (χ3n) is 1.83. The van der Waals surface area contributed by atoms with Gasteiger partial charge in [0, 0.05) is 18.2 Å². The van der Waals surface area contributed by atoms with Gasteiger partial charge < -0.3 is 0 Å². The van der Waals surface area contributed by atoms with Crippen molar-refractivity contribution in [3.8, 4) is 0 Å². The molecule has 0 amide bonds. The summed E-state index contributed by atoms with van der Waals surface area (Å²) in [6.45, 7) is 4.10. The number of alkyl halides is 1. The standard InChI is InChI=1S/C9H17ClO/c1-3-5-8(2)9(11)6-4-7-10/h8H,3-7H2,1-2H3. The summed E-state index contributed by atoms with van der Waals surface area (Å²) in [6, 6.07) is 0. The highest BCUT2D eigenvalue weighted by Crippen LogP contribution is 2.09. The molecule has 0 bridgehead atoms. The summed E-state index contributed by atoms with van der Waals surface area (Å²) in [6.07, 6.45) is 3.59. The highest BCUT2D eigenvalue weighted by molar-refractivity contribution is 6.17. The smallest absolute Gasteiger partial charge is 0.135 e. The van der Waals surface area contributed by atoms with E-state index in [1.54, 1.807) is 0 Å². The number of Topliss-reactive ketones (excluding diaryl/α,β-unsaturated/α-hetero) is 1. The zero-order valence-electron chi connectivity index (χ0n) is 7.40. The molecule has 0 aromatic heterocycles. The van der Waals surface area contributed by atoms with E-state index in [0.29, 0.717) is 18.1 Å². The molecule has 0 aromatic rings. The molecule has 1 unspecified atom stereocenters. The Labute approximate surface area is 74.1 Å². The molecule has 0 saturated carbocycles. The van der Waals surface area contributed by atoms with Gasteiger partial charge >= 0.3 is 0 Å². The number of carbonyl (C=O) groups excluding carboxylic acids is 1. The second kappa shape index (κ2) is 6.66. The Balaban J connectivity index is 3.47. The van der Waals surface area contributed by atoms with Crippen LogP contribution in [0, 0.1) is 5.92 Å². The summed E-state index contributed by atoms with van der Waals surface area (Å²) >= 11 is 5.48. The van der Waals surface area contributed by atoms with Gasteiger partial charge in [-0.3, -0.25) is 4.79 Å². The minimum Gasteiger partial charge on any atom is -0.299 e. The molecule has 0 radical (unpaired) electrons. The lowest BCUT2D eigenvalue weighted by molar-refractivity contribution is -0.122. The number of hydrogen-bond donors (Lipinski definition) is 0. The van der Waals surface area contributed by atoms with Crippen molar-refractivity contribution in [3.63, 3.8) is 0 Å². The van der Waals surface area contributed by atoms with Crippen molar-refractivity contribution < 1.29 is 4.79 Å². The first-order chi connectivity index (χ1) is 5.22. The van der Waals surface area contributed by atoms with Gasteiger partial charge in [0.2, 0.25) is 0 Å². The van der Waals surface area contributed by atoms with Gasteiger partial charge in [0.1, 0.15) is 5.78 Å². The van der Waals surface area contributed by atoms with Gasteiger partial charge in [0.05, 0.1) is 0 Å². The average Bonchev–Trinajstić information content (AvgIpc) is 2.00. The summed E-state index contributed by atoms with van der Waals surface area (Å²) < 4.78 is 0. The largest absolute Gasteiger partial charge is 0.299 e. The molecule has 0 aliphatic rings. The van der Waals surface area contributed by atoms with E-state index in [0.717, 1.165) is 19.3 Å². The second-order valence-corrected chi connectivity index (χ2v) is 3.33. The molecule has 11 heavy (non-hydrogen) atoms. The third kappa shape index (κ3) is 5.25. The molecule has 0 fully saturated rings. The number of carbonyl (C=O) groups is 1. The Bertz CT molecular complexity index is 112. The average molecular weight is 177 g/mol. The molecular formula is C9H17ClO. The quantitative estimate of drug-likeness (QED) is 0.569. The van der Waals surface area contributed by atoms with Crippen LogP contribution in [0.5, 0.6) is 0 Å². The monoisotopic (exact) mass is 176 g/mol. The molecule has 0 saturated heterocycles. The first-order valence-electron chi connectivity index (χ1n) is 4.31. The van der Waals surface area contributed by atoms with Gasteiger partial charge in [0.15, 0.2) is 0 Å². The first-order valence-corrected chi connectivity index (χ1v) is 4.84. The van der Waals surface area contributed by atoms with E-state index in [1.165, 1.54) is 0 Å². The van der Waals surface area contributed by atoms with Crippen molar-refractivity contribution in [3.05, 3.63) is 0 Å². The Morgan fingerprint density at radius 1 is 1.55 bits per heavy atom. The lowest BCUT2D eigenvalue weighted by Gasteiger charge is -2.06. The minimum absolute atomic E-state index is 0.239. The van der Waals surface area contributed by atoms with Gasteiger partial charge in [-0.15, -0.1) is 11.6 Å².